The second-order valence-electron chi connectivity index (χ2n) is 4.67. The summed E-state index contributed by atoms with van der Waals surface area (Å²) in [5, 5.41) is 12.7. The van der Waals surface area contributed by atoms with Crippen LogP contribution in [0.15, 0.2) is 40.6 Å². The predicted octanol–water partition coefficient (Wildman–Crippen LogP) is 0.232. The van der Waals surface area contributed by atoms with Crippen LogP contribution in [0.3, 0.4) is 0 Å². The van der Waals surface area contributed by atoms with E-state index in [1.54, 1.807) is 0 Å². The summed E-state index contributed by atoms with van der Waals surface area (Å²) in [5.41, 5.74) is 0.397. The van der Waals surface area contributed by atoms with Crippen molar-refractivity contribution >= 4 is 19.7 Å². The van der Waals surface area contributed by atoms with Gasteiger partial charge in [-0.15, -0.1) is 0 Å². The molecule has 1 aliphatic rings. The minimum atomic E-state index is -3.45. The van der Waals surface area contributed by atoms with Gasteiger partial charge in [-0.2, -0.15) is 5.26 Å². The maximum atomic E-state index is 12.1. The lowest BCUT2D eigenvalue weighted by Gasteiger charge is -2.10. The largest absolute Gasteiger partial charge is 0.309 e. The Balaban J connectivity index is 1.93. The summed E-state index contributed by atoms with van der Waals surface area (Å²) in [5.74, 6) is -0.173. The van der Waals surface area contributed by atoms with Crippen LogP contribution in [-0.4, -0.2) is 40.9 Å². The highest BCUT2D eigenvalue weighted by atomic mass is 32.2. The van der Waals surface area contributed by atoms with Gasteiger partial charge in [0.15, 0.2) is 19.7 Å². The van der Waals surface area contributed by atoms with Gasteiger partial charge in [-0.3, -0.25) is 0 Å². The average molecular weight is 326 g/mol. The van der Waals surface area contributed by atoms with Crippen LogP contribution < -0.4 is 5.32 Å². The molecule has 1 atom stereocenters. The Morgan fingerprint density at radius 1 is 1.29 bits per heavy atom. The highest BCUT2D eigenvalue weighted by Gasteiger charge is 2.22. The molecule has 1 unspecified atom stereocenters. The monoisotopic (exact) mass is 326 g/mol. The first-order valence-electron chi connectivity index (χ1n) is 6.20. The third kappa shape index (κ3) is 4.14. The van der Waals surface area contributed by atoms with Gasteiger partial charge < -0.3 is 5.32 Å². The van der Waals surface area contributed by atoms with Gasteiger partial charge in [0.2, 0.25) is 0 Å². The fraction of sp³-hybridized carbons (Fsp3) is 0.308. The van der Waals surface area contributed by atoms with Gasteiger partial charge in [0.05, 0.1) is 28.0 Å². The number of hydrogen-bond donors (Lipinski definition) is 1. The van der Waals surface area contributed by atoms with Crippen molar-refractivity contribution in [1.82, 2.24) is 5.32 Å². The molecule has 0 spiro atoms. The van der Waals surface area contributed by atoms with Crippen molar-refractivity contribution in [3.63, 3.8) is 0 Å². The molecule has 0 amide bonds. The second kappa shape index (κ2) is 5.97. The highest BCUT2D eigenvalue weighted by Crippen LogP contribution is 2.12. The summed E-state index contributed by atoms with van der Waals surface area (Å²) in [4.78, 5) is 0.151. The summed E-state index contributed by atoms with van der Waals surface area (Å²) in [7, 11) is -6.60. The zero-order valence-electron chi connectivity index (χ0n) is 11.1. The van der Waals surface area contributed by atoms with Crippen molar-refractivity contribution in [2.24, 2.45) is 0 Å². The van der Waals surface area contributed by atoms with E-state index in [2.05, 4.69) is 5.32 Å². The summed E-state index contributed by atoms with van der Waals surface area (Å²) < 4.78 is 46.6. The summed E-state index contributed by atoms with van der Waals surface area (Å²) >= 11 is 0. The Morgan fingerprint density at radius 2 is 1.95 bits per heavy atom. The first-order valence-corrected chi connectivity index (χ1v) is 9.56. The predicted molar refractivity (Wildman–Crippen MR) is 77.9 cm³/mol. The molecule has 112 valence electrons. The normalized spacial score (nSPS) is 20.2. The van der Waals surface area contributed by atoms with Crippen molar-refractivity contribution in [2.75, 3.05) is 18.1 Å². The van der Waals surface area contributed by atoms with Gasteiger partial charge in [0, 0.05) is 18.0 Å². The molecule has 1 N–H and O–H groups in total. The van der Waals surface area contributed by atoms with E-state index >= 15 is 0 Å². The number of nitrogens with zero attached hydrogens (tertiary/aromatic N) is 1. The molecule has 6 nitrogen and oxygen atoms in total. The lowest BCUT2D eigenvalue weighted by molar-refractivity contribution is 0.584. The summed E-state index contributed by atoms with van der Waals surface area (Å²) in [6.07, 6.45) is 1.52. The van der Waals surface area contributed by atoms with E-state index in [0.29, 0.717) is 5.56 Å². The van der Waals surface area contributed by atoms with Crippen molar-refractivity contribution < 1.29 is 16.8 Å². The van der Waals surface area contributed by atoms with Gasteiger partial charge in [-0.05, 0) is 24.3 Å². The molecule has 0 aromatic heterocycles. The molecule has 0 fully saturated rings. The van der Waals surface area contributed by atoms with Crippen LogP contribution in [0.4, 0.5) is 0 Å². The first kappa shape index (κ1) is 15.7. The molecule has 8 heteroatoms. The maximum absolute atomic E-state index is 12.1. The molecular weight excluding hydrogens is 312 g/mol. The third-order valence-corrected chi connectivity index (χ3v) is 6.18. The Bertz CT molecular complexity index is 788. The van der Waals surface area contributed by atoms with Gasteiger partial charge in [-0.1, -0.05) is 6.08 Å². The van der Waals surface area contributed by atoms with Crippen LogP contribution >= 0.6 is 0 Å². The molecule has 1 aliphatic heterocycles. The number of benzene rings is 1. The molecule has 2 rings (SSSR count). The molecule has 0 radical (unpaired) electrons. The fourth-order valence-electron chi connectivity index (χ4n) is 1.94. The summed E-state index contributed by atoms with van der Waals surface area (Å²) in [6, 6.07) is 7.28. The molecule has 21 heavy (non-hydrogen) atoms. The van der Waals surface area contributed by atoms with Gasteiger partial charge >= 0.3 is 0 Å². The zero-order valence-corrected chi connectivity index (χ0v) is 12.7. The molecule has 1 aromatic carbocycles. The molecule has 0 aliphatic carbocycles. The SMILES string of the molecule is N#Cc1ccc(S(=O)(=O)CCNC2C=CS(=O)(=O)C2)cc1. The summed E-state index contributed by atoms with van der Waals surface area (Å²) in [6.45, 7) is 0.160. The first-order chi connectivity index (χ1) is 9.82. The number of nitrogens with one attached hydrogen (secondary N) is 1. The van der Waals surface area contributed by atoms with Crippen LogP contribution in [0, 0.1) is 11.3 Å². The number of rotatable bonds is 5. The average Bonchev–Trinajstić information content (AvgIpc) is 2.78. The van der Waals surface area contributed by atoms with E-state index < -0.39 is 19.7 Å². The van der Waals surface area contributed by atoms with E-state index in [4.69, 9.17) is 5.26 Å². The highest BCUT2D eigenvalue weighted by molar-refractivity contribution is 7.94. The lowest BCUT2D eigenvalue weighted by Crippen LogP contribution is -2.33. The second-order valence-corrected chi connectivity index (χ2v) is 8.71. The van der Waals surface area contributed by atoms with Crippen LogP contribution in [0.2, 0.25) is 0 Å². The Hall–Kier alpha value is -1.69. The maximum Gasteiger partial charge on any atom is 0.179 e. The third-order valence-electron chi connectivity index (χ3n) is 3.05. The Kier molecular flexibility index (Phi) is 4.46. The molecule has 0 saturated carbocycles. The van der Waals surface area contributed by atoms with Crippen molar-refractivity contribution in [1.29, 1.82) is 5.26 Å². The molecule has 0 bridgehead atoms. The minimum Gasteiger partial charge on any atom is -0.309 e. The number of nitriles is 1. The van der Waals surface area contributed by atoms with E-state index in [9.17, 15) is 16.8 Å². The van der Waals surface area contributed by atoms with Gasteiger partial charge in [-0.25, -0.2) is 16.8 Å². The van der Waals surface area contributed by atoms with Crippen molar-refractivity contribution in [2.45, 2.75) is 10.9 Å². The van der Waals surface area contributed by atoms with Crippen LogP contribution in [0.5, 0.6) is 0 Å². The topological polar surface area (TPSA) is 104 Å². The van der Waals surface area contributed by atoms with Crippen LogP contribution in [-0.2, 0) is 19.7 Å². The number of hydrogen-bond acceptors (Lipinski definition) is 6. The quantitative estimate of drug-likeness (QED) is 0.831. The lowest BCUT2D eigenvalue weighted by atomic mass is 10.2. The fourth-order valence-corrected chi connectivity index (χ4v) is 4.38. The van der Waals surface area contributed by atoms with Crippen molar-refractivity contribution in [3.8, 4) is 6.07 Å². The van der Waals surface area contributed by atoms with Crippen LogP contribution in [0.25, 0.3) is 0 Å². The van der Waals surface area contributed by atoms with E-state index in [1.807, 2.05) is 6.07 Å². The number of sulfone groups is 2. The Morgan fingerprint density at radius 3 is 2.48 bits per heavy atom. The molecule has 1 heterocycles. The van der Waals surface area contributed by atoms with Crippen molar-refractivity contribution in [3.05, 3.63) is 41.3 Å². The molecular formula is C13H14N2O4S2. The van der Waals surface area contributed by atoms with E-state index in [0.717, 1.165) is 5.41 Å². The standard InChI is InChI=1S/C13H14N2O4S2/c14-9-11-1-3-13(4-2-11)21(18,19)8-6-15-12-5-7-20(16,17)10-12/h1-5,7,12,15H,6,8,10H2. The molecule has 0 saturated heterocycles. The zero-order chi connectivity index (χ0) is 15.5. The molecule has 1 aromatic rings. The van der Waals surface area contributed by atoms with Gasteiger partial charge in [0.1, 0.15) is 0 Å². The van der Waals surface area contributed by atoms with E-state index in [1.165, 1.54) is 30.3 Å². The Labute approximate surface area is 123 Å². The minimum absolute atomic E-state index is 0.0378. The van der Waals surface area contributed by atoms with E-state index in [-0.39, 0.29) is 29.0 Å². The van der Waals surface area contributed by atoms with Gasteiger partial charge in [0.25, 0.3) is 0 Å². The smallest absolute Gasteiger partial charge is 0.179 e. The van der Waals surface area contributed by atoms with Crippen LogP contribution in [0.1, 0.15) is 5.56 Å².